The third-order valence-corrected chi connectivity index (χ3v) is 5.25. The Hall–Kier alpha value is -3.34. The maximum Gasteiger partial charge on any atom is 0.420 e. The zero-order valence-electron chi connectivity index (χ0n) is 19.3. The summed E-state index contributed by atoms with van der Waals surface area (Å²) in [6.45, 7) is 9.20. The van der Waals surface area contributed by atoms with Crippen LogP contribution < -0.4 is 5.76 Å². The van der Waals surface area contributed by atoms with E-state index in [1.165, 1.54) is 16.2 Å². The lowest BCUT2D eigenvalue weighted by molar-refractivity contribution is -0.137. The average molecular weight is 434 g/mol. The molecule has 2 aromatic carbocycles. The van der Waals surface area contributed by atoms with Crippen molar-refractivity contribution >= 4 is 12.0 Å². The molecule has 168 valence electrons. The molecule has 0 fully saturated rings. The first-order valence-electron chi connectivity index (χ1n) is 11.0. The minimum absolute atomic E-state index is 0.0174. The highest BCUT2D eigenvalue weighted by atomic mass is 16.5. The van der Waals surface area contributed by atoms with Crippen molar-refractivity contribution in [3.8, 4) is 11.3 Å². The zero-order valence-corrected chi connectivity index (χ0v) is 19.3. The van der Waals surface area contributed by atoms with E-state index in [1.54, 1.807) is 6.08 Å². The molecule has 0 saturated carbocycles. The van der Waals surface area contributed by atoms with Crippen LogP contribution in [0.2, 0.25) is 0 Å². The largest absolute Gasteiger partial charge is 0.463 e. The molecule has 0 saturated heterocycles. The van der Waals surface area contributed by atoms with Crippen LogP contribution in [-0.2, 0) is 21.5 Å². The van der Waals surface area contributed by atoms with Gasteiger partial charge in [0.1, 0.15) is 0 Å². The lowest BCUT2D eigenvalue weighted by atomic mass is 9.86. The van der Waals surface area contributed by atoms with Gasteiger partial charge in [-0.1, -0.05) is 88.7 Å². The summed E-state index contributed by atoms with van der Waals surface area (Å²) in [5.41, 5.74) is 3.48. The molecule has 32 heavy (non-hydrogen) atoms. The Bertz CT molecular complexity index is 1110. The van der Waals surface area contributed by atoms with Crippen LogP contribution in [0.4, 0.5) is 0 Å². The molecule has 0 aliphatic rings. The van der Waals surface area contributed by atoms with Crippen LogP contribution in [0.25, 0.3) is 17.4 Å². The molecule has 0 unspecified atom stereocenters. The first-order chi connectivity index (χ1) is 15.3. The lowest BCUT2D eigenvalue weighted by Crippen LogP contribution is -2.16. The van der Waals surface area contributed by atoms with Crippen LogP contribution in [0.5, 0.6) is 0 Å². The van der Waals surface area contributed by atoms with Crippen LogP contribution in [-0.4, -0.2) is 17.1 Å². The number of benzene rings is 2. The second kappa shape index (κ2) is 10.3. The summed E-state index contributed by atoms with van der Waals surface area (Å²) < 4.78 is 12.4. The van der Waals surface area contributed by atoms with Gasteiger partial charge >= 0.3 is 11.7 Å². The van der Waals surface area contributed by atoms with E-state index in [-0.39, 0.29) is 5.41 Å². The number of rotatable bonds is 8. The molecule has 0 aliphatic carbocycles. The molecule has 0 amide bonds. The van der Waals surface area contributed by atoms with Crippen LogP contribution in [0.15, 0.2) is 69.9 Å². The highest BCUT2D eigenvalue weighted by Gasteiger charge is 2.19. The molecule has 5 nitrogen and oxygen atoms in total. The van der Waals surface area contributed by atoms with Gasteiger partial charge in [0, 0.05) is 11.6 Å². The Labute approximate surface area is 189 Å². The summed E-state index contributed by atoms with van der Waals surface area (Å²) in [5.74, 6) is -0.473. The minimum Gasteiger partial charge on any atom is -0.463 e. The van der Waals surface area contributed by atoms with Crippen molar-refractivity contribution in [3.63, 3.8) is 0 Å². The fraction of sp³-hybridized carbons (Fsp3) is 0.333. The molecule has 3 rings (SSSR count). The van der Waals surface area contributed by atoms with E-state index < -0.39 is 11.7 Å². The first-order valence-corrected chi connectivity index (χ1v) is 11.0. The van der Waals surface area contributed by atoms with E-state index in [1.807, 2.05) is 61.5 Å². The van der Waals surface area contributed by atoms with E-state index in [2.05, 4.69) is 20.8 Å². The van der Waals surface area contributed by atoms with Gasteiger partial charge in [0.05, 0.1) is 18.8 Å². The third-order valence-electron chi connectivity index (χ3n) is 5.25. The van der Waals surface area contributed by atoms with Gasteiger partial charge in [0.25, 0.3) is 0 Å². The Morgan fingerprint density at radius 2 is 1.75 bits per heavy atom. The number of esters is 1. The van der Waals surface area contributed by atoms with Crippen molar-refractivity contribution < 1.29 is 13.9 Å². The molecular formula is C27H31NO4. The number of hydrogen-bond donors (Lipinski definition) is 0. The molecule has 3 aromatic rings. The molecule has 5 heteroatoms. The van der Waals surface area contributed by atoms with Crippen molar-refractivity contribution in [1.82, 2.24) is 4.57 Å². The molecule has 0 spiro atoms. The Morgan fingerprint density at radius 3 is 2.38 bits per heavy atom. The molecule has 1 aromatic heterocycles. The normalized spacial score (nSPS) is 11.8. The summed E-state index contributed by atoms with van der Waals surface area (Å²) >= 11 is 0. The van der Waals surface area contributed by atoms with Gasteiger partial charge in [0.2, 0.25) is 0 Å². The summed E-state index contributed by atoms with van der Waals surface area (Å²) in [6.07, 6.45) is 4.73. The van der Waals surface area contributed by atoms with E-state index in [0.717, 1.165) is 24.0 Å². The number of carbonyl (C=O) groups excluding carboxylic acids is 1. The molecule has 0 aliphatic heterocycles. The highest BCUT2D eigenvalue weighted by molar-refractivity contribution is 5.88. The number of aromatic nitrogens is 1. The van der Waals surface area contributed by atoms with E-state index >= 15 is 0 Å². The van der Waals surface area contributed by atoms with Crippen molar-refractivity contribution in [2.45, 2.75) is 52.5 Å². The third kappa shape index (κ3) is 5.88. The van der Waals surface area contributed by atoms with Gasteiger partial charge in [-0.15, -0.1) is 0 Å². The Kier molecular flexibility index (Phi) is 7.52. The summed E-state index contributed by atoms with van der Waals surface area (Å²) in [5, 5.41) is 0. The van der Waals surface area contributed by atoms with E-state index in [0.29, 0.717) is 24.6 Å². The number of hydrogen-bond acceptors (Lipinski definition) is 4. The standard InChI is InChI=1S/C27H31NO4/c1-5-6-18-31-24(29)17-16-23-25(21-12-14-22(15-13-21)27(2,3)4)32-26(30)28(23)19-20-10-8-7-9-11-20/h7-17H,5-6,18-19H2,1-4H3/b17-16+. The average Bonchev–Trinajstić information content (AvgIpc) is 3.08. The molecule has 0 radical (unpaired) electrons. The monoisotopic (exact) mass is 433 g/mol. The molecule has 1 heterocycles. The van der Waals surface area contributed by atoms with Crippen LogP contribution in [0, 0.1) is 0 Å². The maximum absolute atomic E-state index is 12.8. The van der Waals surface area contributed by atoms with Gasteiger partial charge in [-0.05, 0) is 29.0 Å². The molecule has 0 N–H and O–H groups in total. The topological polar surface area (TPSA) is 61.4 Å². The van der Waals surface area contributed by atoms with Gasteiger partial charge in [-0.2, -0.15) is 0 Å². The van der Waals surface area contributed by atoms with Crippen LogP contribution in [0.3, 0.4) is 0 Å². The Morgan fingerprint density at radius 1 is 1.06 bits per heavy atom. The van der Waals surface area contributed by atoms with Crippen LogP contribution in [0.1, 0.15) is 57.4 Å². The second-order valence-electron chi connectivity index (χ2n) is 8.84. The van der Waals surface area contributed by atoms with Gasteiger partial charge < -0.3 is 9.15 Å². The molecule has 0 bridgehead atoms. The number of ether oxygens (including phenoxy) is 1. The Balaban J connectivity index is 2.00. The summed E-state index contributed by atoms with van der Waals surface area (Å²) in [7, 11) is 0. The maximum atomic E-state index is 12.8. The highest BCUT2D eigenvalue weighted by Crippen LogP contribution is 2.28. The summed E-state index contributed by atoms with van der Waals surface area (Å²) in [6, 6.07) is 17.6. The number of nitrogens with zero attached hydrogens (tertiary/aromatic N) is 1. The predicted octanol–water partition coefficient (Wildman–Crippen LogP) is 5.81. The van der Waals surface area contributed by atoms with E-state index in [4.69, 9.17) is 9.15 Å². The number of oxazole rings is 1. The van der Waals surface area contributed by atoms with Crippen molar-refractivity contribution in [1.29, 1.82) is 0 Å². The fourth-order valence-corrected chi connectivity index (χ4v) is 3.34. The molecular weight excluding hydrogens is 402 g/mol. The van der Waals surface area contributed by atoms with E-state index in [9.17, 15) is 9.59 Å². The predicted molar refractivity (Wildman–Crippen MR) is 128 cm³/mol. The smallest absolute Gasteiger partial charge is 0.420 e. The SMILES string of the molecule is CCCCOC(=O)/C=C/c1c(-c2ccc(C(C)(C)C)cc2)oc(=O)n1Cc1ccccc1. The minimum atomic E-state index is -0.470. The molecule has 0 atom stereocenters. The van der Waals surface area contributed by atoms with Gasteiger partial charge in [-0.25, -0.2) is 9.59 Å². The van der Waals surface area contributed by atoms with Gasteiger partial charge in [-0.3, -0.25) is 4.57 Å². The summed E-state index contributed by atoms with van der Waals surface area (Å²) in [4.78, 5) is 24.9. The number of carbonyl (C=O) groups is 1. The first kappa shape index (κ1) is 23.3. The second-order valence-corrected chi connectivity index (χ2v) is 8.84. The quantitative estimate of drug-likeness (QED) is 0.255. The fourth-order valence-electron chi connectivity index (χ4n) is 3.34. The lowest BCUT2D eigenvalue weighted by Gasteiger charge is -2.18. The van der Waals surface area contributed by atoms with Crippen molar-refractivity contribution in [2.75, 3.05) is 6.61 Å². The van der Waals surface area contributed by atoms with Crippen molar-refractivity contribution in [3.05, 3.63) is 88.0 Å². The van der Waals surface area contributed by atoms with Crippen molar-refractivity contribution in [2.24, 2.45) is 0 Å². The zero-order chi connectivity index (χ0) is 23.1. The van der Waals surface area contributed by atoms with Gasteiger partial charge in [0.15, 0.2) is 5.76 Å². The van der Waals surface area contributed by atoms with Crippen LogP contribution >= 0.6 is 0 Å². The number of unbranched alkanes of at least 4 members (excludes halogenated alkanes) is 1.